The van der Waals surface area contributed by atoms with E-state index in [2.05, 4.69) is 28.5 Å². The number of aryl methyl sites for hydroxylation is 1. The summed E-state index contributed by atoms with van der Waals surface area (Å²) < 4.78 is 5.55. The minimum Gasteiger partial charge on any atom is -0.378 e. The van der Waals surface area contributed by atoms with Crippen molar-refractivity contribution in [1.82, 2.24) is 0 Å². The number of guanidine groups is 1. The average molecular weight is 287 g/mol. The van der Waals surface area contributed by atoms with Gasteiger partial charge in [0, 0.05) is 12.3 Å². The number of hydrogen-bond donors (Lipinski definition) is 2. The molecule has 2 aliphatic carbocycles. The van der Waals surface area contributed by atoms with Crippen molar-refractivity contribution in [3.63, 3.8) is 0 Å². The van der Waals surface area contributed by atoms with Crippen molar-refractivity contribution in [3.05, 3.63) is 29.3 Å². The number of nitrogens with zero attached hydrogens (tertiary/aromatic N) is 1. The Kier molecular flexibility index (Phi) is 4.44. The Labute approximate surface area is 126 Å². The second-order valence-electron chi connectivity index (χ2n) is 5.99. The van der Waals surface area contributed by atoms with Crippen LogP contribution < -0.4 is 11.1 Å². The Balaban J connectivity index is 1.62. The fourth-order valence-corrected chi connectivity index (χ4v) is 3.28. The number of aliphatic imine (C=N–C) groups is 1. The van der Waals surface area contributed by atoms with E-state index in [1.807, 2.05) is 6.92 Å². The molecule has 0 spiro atoms. The molecule has 0 radical (unpaired) electrons. The lowest BCUT2D eigenvalue weighted by molar-refractivity contribution is -0.000702. The van der Waals surface area contributed by atoms with Gasteiger partial charge in [-0.15, -0.1) is 0 Å². The van der Waals surface area contributed by atoms with E-state index in [4.69, 9.17) is 10.5 Å². The quantitative estimate of drug-likeness (QED) is 0.661. The molecule has 1 aromatic rings. The van der Waals surface area contributed by atoms with E-state index in [1.54, 1.807) is 0 Å². The Hall–Kier alpha value is -1.55. The molecule has 21 heavy (non-hydrogen) atoms. The summed E-state index contributed by atoms with van der Waals surface area (Å²) in [6, 6.07) is 6.75. The van der Waals surface area contributed by atoms with Crippen LogP contribution in [0.15, 0.2) is 23.2 Å². The fourth-order valence-electron chi connectivity index (χ4n) is 3.28. The van der Waals surface area contributed by atoms with Crippen molar-refractivity contribution in [2.75, 3.05) is 11.9 Å². The molecule has 4 nitrogen and oxygen atoms in total. The van der Waals surface area contributed by atoms with Crippen molar-refractivity contribution in [3.8, 4) is 0 Å². The van der Waals surface area contributed by atoms with E-state index in [0.717, 1.165) is 31.6 Å². The number of ether oxygens (including phenoxy) is 1. The van der Waals surface area contributed by atoms with E-state index in [-0.39, 0.29) is 0 Å². The van der Waals surface area contributed by atoms with Gasteiger partial charge in [-0.25, -0.2) is 4.99 Å². The Morgan fingerprint density at radius 1 is 1.33 bits per heavy atom. The van der Waals surface area contributed by atoms with E-state index >= 15 is 0 Å². The summed E-state index contributed by atoms with van der Waals surface area (Å²) in [5.41, 5.74) is 10.1. The molecule has 0 unspecified atom stereocenters. The highest BCUT2D eigenvalue weighted by Crippen LogP contribution is 2.29. The third-order valence-corrected chi connectivity index (χ3v) is 4.45. The predicted molar refractivity (Wildman–Crippen MR) is 86.8 cm³/mol. The van der Waals surface area contributed by atoms with Crippen LogP contribution >= 0.6 is 0 Å². The first-order valence-electron chi connectivity index (χ1n) is 8.09. The van der Waals surface area contributed by atoms with Gasteiger partial charge in [0.1, 0.15) is 0 Å². The second kappa shape index (κ2) is 6.48. The highest BCUT2D eigenvalue weighted by molar-refractivity contribution is 5.93. The van der Waals surface area contributed by atoms with Gasteiger partial charge in [0.05, 0.1) is 12.1 Å². The summed E-state index contributed by atoms with van der Waals surface area (Å²) in [5.74, 6) is 0.536. The van der Waals surface area contributed by atoms with Crippen LogP contribution in [0.5, 0.6) is 0 Å². The highest BCUT2D eigenvalue weighted by atomic mass is 16.5. The number of benzene rings is 1. The molecule has 0 bridgehead atoms. The normalized spacial score (nSPS) is 25.1. The van der Waals surface area contributed by atoms with Crippen LogP contribution in [0.25, 0.3) is 0 Å². The van der Waals surface area contributed by atoms with Crippen molar-refractivity contribution >= 4 is 11.6 Å². The topological polar surface area (TPSA) is 59.6 Å². The summed E-state index contributed by atoms with van der Waals surface area (Å²) >= 11 is 0. The van der Waals surface area contributed by atoms with E-state index in [0.29, 0.717) is 18.1 Å². The predicted octanol–water partition coefficient (Wildman–Crippen LogP) is 2.86. The fraction of sp³-hybridized carbons (Fsp3) is 0.588. The summed E-state index contributed by atoms with van der Waals surface area (Å²) in [6.45, 7) is 2.82. The summed E-state index contributed by atoms with van der Waals surface area (Å²) in [6.07, 6.45) is 7.23. The van der Waals surface area contributed by atoms with E-state index < -0.39 is 0 Å². The zero-order chi connectivity index (χ0) is 14.7. The first kappa shape index (κ1) is 14.4. The van der Waals surface area contributed by atoms with Gasteiger partial charge in [-0.1, -0.05) is 12.1 Å². The summed E-state index contributed by atoms with van der Waals surface area (Å²) in [4.78, 5) is 4.56. The molecule has 3 rings (SSSR count). The van der Waals surface area contributed by atoms with Crippen LogP contribution in [0.3, 0.4) is 0 Å². The third kappa shape index (κ3) is 3.38. The number of rotatable bonds is 4. The molecule has 0 atom stereocenters. The molecule has 1 aromatic carbocycles. The molecular formula is C17H25N3O. The largest absolute Gasteiger partial charge is 0.378 e. The lowest BCUT2D eigenvalue weighted by Crippen LogP contribution is -2.37. The van der Waals surface area contributed by atoms with E-state index in [1.165, 1.54) is 30.4 Å². The number of fused-ring (bicyclic) bond motifs is 1. The van der Waals surface area contributed by atoms with Crippen LogP contribution in [-0.4, -0.2) is 24.7 Å². The maximum atomic E-state index is 6.07. The molecule has 0 saturated heterocycles. The minimum absolute atomic E-state index is 0.314. The highest BCUT2D eigenvalue weighted by Gasteiger charge is 2.29. The SMILES string of the molecule is CCOC1CC(N=C(N)Nc2cccc3c2CCCC3)C1. The number of hydrogen-bond acceptors (Lipinski definition) is 2. The molecule has 114 valence electrons. The van der Waals surface area contributed by atoms with Gasteiger partial charge in [-0.05, 0) is 62.6 Å². The molecule has 0 heterocycles. The molecule has 1 saturated carbocycles. The minimum atomic E-state index is 0.314. The van der Waals surface area contributed by atoms with Crippen LogP contribution in [0, 0.1) is 0 Å². The van der Waals surface area contributed by atoms with Crippen LogP contribution in [0.2, 0.25) is 0 Å². The first-order valence-corrected chi connectivity index (χ1v) is 8.09. The van der Waals surface area contributed by atoms with Gasteiger partial charge >= 0.3 is 0 Å². The zero-order valence-electron chi connectivity index (χ0n) is 12.8. The van der Waals surface area contributed by atoms with Crippen LogP contribution in [-0.2, 0) is 17.6 Å². The average Bonchev–Trinajstić information content (AvgIpc) is 2.45. The van der Waals surface area contributed by atoms with Crippen molar-refractivity contribution < 1.29 is 4.74 Å². The van der Waals surface area contributed by atoms with Crippen molar-refractivity contribution in [2.45, 2.75) is 57.6 Å². The van der Waals surface area contributed by atoms with Gasteiger partial charge in [0.25, 0.3) is 0 Å². The maximum Gasteiger partial charge on any atom is 0.193 e. The molecular weight excluding hydrogens is 262 g/mol. The summed E-state index contributed by atoms with van der Waals surface area (Å²) in [7, 11) is 0. The molecule has 2 aliphatic rings. The van der Waals surface area contributed by atoms with Crippen LogP contribution in [0.1, 0.15) is 43.7 Å². The van der Waals surface area contributed by atoms with Crippen molar-refractivity contribution in [2.24, 2.45) is 10.7 Å². The number of nitrogens with two attached hydrogens (primary N) is 1. The van der Waals surface area contributed by atoms with Gasteiger partial charge in [-0.3, -0.25) is 0 Å². The van der Waals surface area contributed by atoms with Gasteiger partial charge < -0.3 is 15.8 Å². The summed E-state index contributed by atoms with van der Waals surface area (Å²) in [5, 5.41) is 3.30. The zero-order valence-corrected chi connectivity index (χ0v) is 12.8. The van der Waals surface area contributed by atoms with Gasteiger partial charge in [0.2, 0.25) is 0 Å². The van der Waals surface area contributed by atoms with Gasteiger partial charge in [0.15, 0.2) is 5.96 Å². The standard InChI is InChI=1S/C17H25N3O/c1-2-21-14-10-13(11-14)19-17(18)20-16-9-5-7-12-6-3-4-8-15(12)16/h5,7,9,13-14H,2-4,6,8,10-11H2,1H3,(H3,18,19,20). The lowest BCUT2D eigenvalue weighted by atomic mass is 9.90. The van der Waals surface area contributed by atoms with Crippen molar-refractivity contribution in [1.29, 1.82) is 0 Å². The molecule has 0 amide bonds. The maximum absolute atomic E-state index is 6.07. The lowest BCUT2D eigenvalue weighted by Gasteiger charge is -2.32. The molecule has 3 N–H and O–H groups in total. The second-order valence-corrected chi connectivity index (χ2v) is 5.99. The third-order valence-electron chi connectivity index (χ3n) is 4.45. The molecule has 4 heteroatoms. The van der Waals surface area contributed by atoms with E-state index in [9.17, 15) is 0 Å². The molecule has 0 aliphatic heterocycles. The molecule has 0 aromatic heterocycles. The monoisotopic (exact) mass is 287 g/mol. The van der Waals surface area contributed by atoms with Crippen LogP contribution in [0.4, 0.5) is 5.69 Å². The number of nitrogens with one attached hydrogen (secondary N) is 1. The Morgan fingerprint density at radius 3 is 2.95 bits per heavy atom. The van der Waals surface area contributed by atoms with Gasteiger partial charge in [-0.2, -0.15) is 0 Å². The smallest absolute Gasteiger partial charge is 0.193 e. The Bertz CT molecular complexity index is 521. The number of anilines is 1. The Morgan fingerprint density at radius 2 is 2.14 bits per heavy atom. The molecule has 1 fully saturated rings. The first-order chi connectivity index (χ1) is 10.3.